The Kier molecular flexibility index (Phi) is 5.28. The summed E-state index contributed by atoms with van der Waals surface area (Å²) >= 11 is 0. The Morgan fingerprint density at radius 2 is 1.88 bits per heavy atom. The van der Waals surface area contributed by atoms with Crippen molar-refractivity contribution in [2.24, 2.45) is 0 Å². The van der Waals surface area contributed by atoms with Crippen LogP contribution in [0, 0.1) is 12.3 Å². The molecule has 0 aliphatic rings. The van der Waals surface area contributed by atoms with E-state index in [0.717, 1.165) is 11.1 Å². The third-order valence-corrected chi connectivity index (χ3v) is 3.95. The molecule has 0 spiro atoms. The molecule has 0 aliphatic carbocycles. The van der Waals surface area contributed by atoms with E-state index in [1.165, 1.54) is 0 Å². The molecule has 1 atom stereocenters. The second-order valence-corrected chi connectivity index (χ2v) is 5.75. The maximum atomic E-state index is 12.5. The van der Waals surface area contributed by atoms with Crippen molar-refractivity contribution in [1.29, 1.82) is 0 Å². The van der Waals surface area contributed by atoms with Crippen LogP contribution in [0.2, 0.25) is 0 Å². The fraction of sp³-hybridized carbons (Fsp3) is 0.143. The summed E-state index contributed by atoms with van der Waals surface area (Å²) in [5, 5.41) is 7.20. The standard InChI is InChI=1S/C21H19N3O/c1-2-7-20(18-8-4-3-5-9-18)23-21(25)19-12-10-17(11-13-19)16-24-15-6-14-22-24/h1,3-6,8-15,20H,7,16H2,(H,23,25)/t20-/m0/s1. The highest BCUT2D eigenvalue weighted by atomic mass is 16.1. The molecule has 0 unspecified atom stereocenters. The summed E-state index contributed by atoms with van der Waals surface area (Å²) < 4.78 is 1.84. The van der Waals surface area contributed by atoms with Gasteiger partial charge in [-0.3, -0.25) is 9.48 Å². The summed E-state index contributed by atoms with van der Waals surface area (Å²) in [6, 6.07) is 19.0. The molecule has 0 aliphatic heterocycles. The van der Waals surface area contributed by atoms with Crippen LogP contribution in [0.15, 0.2) is 73.1 Å². The van der Waals surface area contributed by atoms with Gasteiger partial charge in [-0.15, -0.1) is 12.3 Å². The third-order valence-electron chi connectivity index (χ3n) is 3.95. The summed E-state index contributed by atoms with van der Waals surface area (Å²) in [5.74, 6) is 2.50. The van der Waals surface area contributed by atoms with Gasteiger partial charge in [-0.05, 0) is 29.3 Å². The van der Waals surface area contributed by atoms with E-state index in [1.807, 2.05) is 71.5 Å². The maximum Gasteiger partial charge on any atom is 0.251 e. The first-order valence-corrected chi connectivity index (χ1v) is 8.12. The molecular weight excluding hydrogens is 310 g/mol. The van der Waals surface area contributed by atoms with Gasteiger partial charge >= 0.3 is 0 Å². The number of aromatic nitrogens is 2. The van der Waals surface area contributed by atoms with Gasteiger partial charge in [-0.25, -0.2) is 0 Å². The van der Waals surface area contributed by atoms with E-state index in [4.69, 9.17) is 6.42 Å². The van der Waals surface area contributed by atoms with Crippen molar-refractivity contribution in [2.75, 3.05) is 0 Å². The van der Waals surface area contributed by atoms with Gasteiger partial charge in [0.25, 0.3) is 5.91 Å². The van der Waals surface area contributed by atoms with Crippen LogP contribution in [0.25, 0.3) is 0 Å². The fourth-order valence-electron chi connectivity index (χ4n) is 2.64. The minimum absolute atomic E-state index is 0.130. The highest BCUT2D eigenvalue weighted by molar-refractivity contribution is 5.94. The largest absolute Gasteiger partial charge is 0.344 e. The molecule has 4 nitrogen and oxygen atoms in total. The Hall–Kier alpha value is -3.32. The van der Waals surface area contributed by atoms with Gasteiger partial charge in [-0.1, -0.05) is 42.5 Å². The predicted octanol–water partition coefficient (Wildman–Crippen LogP) is 3.43. The fourth-order valence-corrected chi connectivity index (χ4v) is 2.64. The van der Waals surface area contributed by atoms with Crippen molar-refractivity contribution in [3.05, 3.63) is 89.7 Å². The van der Waals surface area contributed by atoms with Gasteiger partial charge in [0, 0.05) is 24.4 Å². The number of nitrogens with zero attached hydrogens (tertiary/aromatic N) is 2. The van der Waals surface area contributed by atoms with Gasteiger partial charge in [0.05, 0.1) is 12.6 Å². The zero-order valence-electron chi connectivity index (χ0n) is 13.8. The second kappa shape index (κ2) is 7.98. The number of nitrogens with one attached hydrogen (secondary N) is 1. The number of benzene rings is 2. The number of hydrogen-bond acceptors (Lipinski definition) is 2. The Morgan fingerprint density at radius 3 is 2.52 bits per heavy atom. The molecule has 2 aromatic carbocycles. The first-order valence-electron chi connectivity index (χ1n) is 8.12. The zero-order valence-corrected chi connectivity index (χ0v) is 13.8. The minimum Gasteiger partial charge on any atom is -0.344 e. The molecule has 1 heterocycles. The number of hydrogen-bond donors (Lipinski definition) is 1. The van der Waals surface area contributed by atoms with E-state index < -0.39 is 0 Å². The Balaban J connectivity index is 1.68. The average Bonchev–Trinajstić information content (AvgIpc) is 3.15. The highest BCUT2D eigenvalue weighted by Gasteiger charge is 2.14. The molecule has 0 fully saturated rings. The van der Waals surface area contributed by atoms with Crippen molar-refractivity contribution in [1.82, 2.24) is 15.1 Å². The number of carbonyl (C=O) groups excluding carboxylic acids is 1. The molecule has 3 aromatic rings. The van der Waals surface area contributed by atoms with Gasteiger partial charge in [0.15, 0.2) is 0 Å². The molecule has 124 valence electrons. The number of carbonyl (C=O) groups is 1. The van der Waals surface area contributed by atoms with E-state index in [2.05, 4.69) is 16.3 Å². The van der Waals surface area contributed by atoms with E-state index >= 15 is 0 Å². The van der Waals surface area contributed by atoms with Crippen LogP contribution in [0.1, 0.15) is 33.9 Å². The van der Waals surface area contributed by atoms with Crippen LogP contribution < -0.4 is 5.32 Å². The van der Waals surface area contributed by atoms with Crippen LogP contribution in [-0.2, 0) is 6.54 Å². The number of terminal acetylenes is 1. The van der Waals surface area contributed by atoms with Crippen LogP contribution in [0.5, 0.6) is 0 Å². The summed E-state index contributed by atoms with van der Waals surface area (Å²) in [5.41, 5.74) is 2.70. The Labute approximate surface area is 147 Å². The molecule has 1 N–H and O–H groups in total. The molecule has 4 heteroatoms. The molecule has 0 bridgehead atoms. The molecule has 0 saturated carbocycles. The van der Waals surface area contributed by atoms with Crippen LogP contribution >= 0.6 is 0 Å². The van der Waals surface area contributed by atoms with Crippen LogP contribution in [-0.4, -0.2) is 15.7 Å². The molecule has 25 heavy (non-hydrogen) atoms. The lowest BCUT2D eigenvalue weighted by Crippen LogP contribution is -2.28. The zero-order chi connectivity index (χ0) is 17.5. The van der Waals surface area contributed by atoms with Crippen molar-refractivity contribution < 1.29 is 4.79 Å². The topological polar surface area (TPSA) is 46.9 Å². The number of amides is 1. The number of rotatable bonds is 6. The lowest BCUT2D eigenvalue weighted by Gasteiger charge is -2.17. The summed E-state index contributed by atoms with van der Waals surface area (Å²) in [7, 11) is 0. The summed E-state index contributed by atoms with van der Waals surface area (Å²) in [4.78, 5) is 12.5. The monoisotopic (exact) mass is 329 g/mol. The predicted molar refractivity (Wildman–Crippen MR) is 97.9 cm³/mol. The average molecular weight is 329 g/mol. The molecule has 0 saturated heterocycles. The summed E-state index contributed by atoms with van der Waals surface area (Å²) in [6.07, 6.45) is 9.56. The van der Waals surface area contributed by atoms with Crippen molar-refractivity contribution in [3.8, 4) is 12.3 Å². The van der Waals surface area contributed by atoms with Gasteiger partial charge in [-0.2, -0.15) is 5.10 Å². The maximum absolute atomic E-state index is 12.5. The normalized spacial score (nSPS) is 11.5. The first-order chi connectivity index (χ1) is 12.3. The Bertz CT molecular complexity index is 846. The summed E-state index contributed by atoms with van der Waals surface area (Å²) in [6.45, 7) is 0.679. The molecule has 1 amide bonds. The Morgan fingerprint density at radius 1 is 1.12 bits per heavy atom. The van der Waals surface area contributed by atoms with E-state index in [9.17, 15) is 4.79 Å². The van der Waals surface area contributed by atoms with Gasteiger partial charge in [0.2, 0.25) is 0 Å². The van der Waals surface area contributed by atoms with E-state index in [-0.39, 0.29) is 11.9 Å². The van der Waals surface area contributed by atoms with Crippen LogP contribution in [0.3, 0.4) is 0 Å². The van der Waals surface area contributed by atoms with Crippen molar-refractivity contribution in [3.63, 3.8) is 0 Å². The lowest BCUT2D eigenvalue weighted by molar-refractivity contribution is 0.0937. The van der Waals surface area contributed by atoms with Crippen LogP contribution in [0.4, 0.5) is 0 Å². The van der Waals surface area contributed by atoms with E-state index in [0.29, 0.717) is 18.5 Å². The molecular formula is C21H19N3O. The van der Waals surface area contributed by atoms with Gasteiger partial charge < -0.3 is 5.32 Å². The smallest absolute Gasteiger partial charge is 0.251 e. The second-order valence-electron chi connectivity index (χ2n) is 5.75. The quantitative estimate of drug-likeness (QED) is 0.704. The first kappa shape index (κ1) is 16.5. The van der Waals surface area contributed by atoms with Crippen molar-refractivity contribution in [2.45, 2.75) is 19.0 Å². The SMILES string of the molecule is C#CC[C@H](NC(=O)c1ccc(Cn2cccn2)cc1)c1ccccc1. The van der Waals surface area contributed by atoms with Crippen molar-refractivity contribution >= 4 is 5.91 Å². The highest BCUT2D eigenvalue weighted by Crippen LogP contribution is 2.17. The van der Waals surface area contributed by atoms with Gasteiger partial charge in [0.1, 0.15) is 0 Å². The van der Waals surface area contributed by atoms with E-state index in [1.54, 1.807) is 6.20 Å². The lowest BCUT2D eigenvalue weighted by atomic mass is 10.0. The third kappa shape index (κ3) is 4.36. The molecule has 0 radical (unpaired) electrons. The molecule has 1 aromatic heterocycles. The minimum atomic E-state index is -0.192. The molecule has 3 rings (SSSR count).